The maximum absolute atomic E-state index is 11.9. The van der Waals surface area contributed by atoms with Crippen molar-refractivity contribution in [2.45, 2.75) is 26.2 Å². The molecule has 0 aliphatic rings. The van der Waals surface area contributed by atoms with Gasteiger partial charge in [0.05, 0.1) is 12.8 Å². The largest absolute Gasteiger partial charge is 0.355 e. The number of unbranched alkanes of at least 4 members (excludes halogenated alkanes) is 1. The quantitative estimate of drug-likeness (QED) is 0.744. The Morgan fingerprint density at radius 3 is 2.45 bits per heavy atom. The van der Waals surface area contributed by atoms with Crippen molar-refractivity contribution in [1.29, 1.82) is 0 Å². The highest BCUT2D eigenvalue weighted by Crippen LogP contribution is 2.09. The Balaban J connectivity index is 2.41. The van der Waals surface area contributed by atoms with Crippen LogP contribution in [0.25, 0.3) is 0 Å². The maximum Gasteiger partial charge on any atom is 0.235 e. The number of rotatable bonds is 9. The maximum atomic E-state index is 11.9. The van der Waals surface area contributed by atoms with Crippen LogP contribution in [-0.2, 0) is 21.2 Å². The number of nitrogens with one attached hydrogen (secondary N) is 1. The summed E-state index contributed by atoms with van der Waals surface area (Å²) in [5.74, 6) is -0.282. The molecule has 0 radical (unpaired) electrons. The molecular formula is C15H23ClN2O3S. The Morgan fingerprint density at radius 1 is 1.27 bits per heavy atom. The first-order valence-corrected chi connectivity index (χ1v) is 9.52. The summed E-state index contributed by atoms with van der Waals surface area (Å²) in [6.45, 7) is 2.69. The van der Waals surface area contributed by atoms with Crippen LogP contribution in [0.3, 0.4) is 0 Å². The molecule has 0 fully saturated rings. The Bertz CT molecular complexity index is 573. The van der Waals surface area contributed by atoms with E-state index in [9.17, 15) is 13.2 Å². The van der Waals surface area contributed by atoms with E-state index in [0.717, 1.165) is 24.7 Å². The average Bonchev–Trinajstić information content (AvgIpc) is 2.44. The summed E-state index contributed by atoms with van der Waals surface area (Å²) in [6, 6.07) is 7.40. The number of halogens is 1. The molecule has 1 amide bonds. The predicted molar refractivity (Wildman–Crippen MR) is 89.5 cm³/mol. The van der Waals surface area contributed by atoms with Gasteiger partial charge in [-0.3, -0.25) is 4.79 Å². The van der Waals surface area contributed by atoms with Gasteiger partial charge in [-0.2, -0.15) is 4.31 Å². The number of nitrogens with zero attached hydrogens (tertiary/aromatic N) is 1. The molecule has 1 aromatic carbocycles. The van der Waals surface area contributed by atoms with Crippen LogP contribution < -0.4 is 5.32 Å². The number of amides is 1. The highest BCUT2D eigenvalue weighted by atomic mass is 35.5. The highest BCUT2D eigenvalue weighted by Gasteiger charge is 2.19. The first-order chi connectivity index (χ1) is 10.3. The van der Waals surface area contributed by atoms with Crippen molar-refractivity contribution in [3.8, 4) is 0 Å². The second kappa shape index (κ2) is 9.12. The van der Waals surface area contributed by atoms with Crippen LogP contribution in [0.5, 0.6) is 0 Å². The Hall–Kier alpha value is -1.11. The summed E-state index contributed by atoms with van der Waals surface area (Å²) in [5.41, 5.74) is 1.07. The first-order valence-electron chi connectivity index (χ1n) is 7.29. The van der Waals surface area contributed by atoms with Crippen molar-refractivity contribution in [3.05, 3.63) is 34.9 Å². The number of benzene rings is 1. The van der Waals surface area contributed by atoms with Crippen LogP contribution in [0.4, 0.5) is 0 Å². The smallest absolute Gasteiger partial charge is 0.235 e. The molecule has 5 nitrogen and oxygen atoms in total. The number of hydrogen-bond donors (Lipinski definition) is 1. The third-order valence-corrected chi connectivity index (χ3v) is 4.70. The van der Waals surface area contributed by atoms with Gasteiger partial charge in [0.2, 0.25) is 15.9 Å². The monoisotopic (exact) mass is 346 g/mol. The van der Waals surface area contributed by atoms with Crippen LogP contribution in [0.1, 0.15) is 25.3 Å². The van der Waals surface area contributed by atoms with Gasteiger partial charge in [-0.05, 0) is 30.5 Å². The van der Waals surface area contributed by atoms with Gasteiger partial charge in [0.1, 0.15) is 0 Å². The molecule has 0 aromatic heterocycles. The van der Waals surface area contributed by atoms with Crippen molar-refractivity contribution >= 4 is 27.5 Å². The molecule has 0 saturated carbocycles. The van der Waals surface area contributed by atoms with E-state index in [2.05, 4.69) is 5.32 Å². The molecule has 0 unspecified atom stereocenters. The molecule has 0 heterocycles. The molecular weight excluding hydrogens is 324 g/mol. The predicted octanol–water partition coefficient (Wildman–Crippen LogP) is 2.06. The number of sulfonamides is 1. The molecule has 0 atom stereocenters. The van der Waals surface area contributed by atoms with Crippen molar-refractivity contribution in [3.63, 3.8) is 0 Å². The van der Waals surface area contributed by atoms with Crippen LogP contribution in [0, 0.1) is 0 Å². The van der Waals surface area contributed by atoms with E-state index < -0.39 is 10.0 Å². The summed E-state index contributed by atoms with van der Waals surface area (Å²) < 4.78 is 24.5. The zero-order valence-electron chi connectivity index (χ0n) is 13.0. The summed E-state index contributed by atoms with van der Waals surface area (Å²) >= 11 is 5.81. The van der Waals surface area contributed by atoms with Gasteiger partial charge >= 0.3 is 0 Å². The lowest BCUT2D eigenvalue weighted by Gasteiger charge is -2.19. The van der Waals surface area contributed by atoms with Gasteiger partial charge < -0.3 is 5.32 Å². The molecule has 0 bridgehead atoms. The molecule has 1 N–H and O–H groups in total. The Labute approximate surface area is 137 Å². The van der Waals surface area contributed by atoms with E-state index in [-0.39, 0.29) is 12.5 Å². The van der Waals surface area contributed by atoms with E-state index >= 15 is 0 Å². The second-order valence-corrected chi connectivity index (χ2v) is 7.60. The van der Waals surface area contributed by atoms with Crippen LogP contribution >= 0.6 is 11.6 Å². The van der Waals surface area contributed by atoms with Gasteiger partial charge in [-0.15, -0.1) is 0 Å². The van der Waals surface area contributed by atoms with Gasteiger partial charge in [-0.25, -0.2) is 8.42 Å². The summed E-state index contributed by atoms with van der Waals surface area (Å²) in [6.07, 6.45) is 3.43. The van der Waals surface area contributed by atoms with E-state index in [1.165, 1.54) is 4.31 Å². The van der Waals surface area contributed by atoms with Gasteiger partial charge in [0, 0.05) is 18.1 Å². The highest BCUT2D eigenvalue weighted by molar-refractivity contribution is 7.88. The second-order valence-electron chi connectivity index (χ2n) is 5.18. The summed E-state index contributed by atoms with van der Waals surface area (Å²) in [7, 11) is -3.36. The Kier molecular flexibility index (Phi) is 7.85. The molecule has 124 valence electrons. The lowest BCUT2D eigenvalue weighted by molar-refractivity contribution is -0.121. The van der Waals surface area contributed by atoms with E-state index in [1.54, 1.807) is 12.1 Å². The van der Waals surface area contributed by atoms with E-state index in [1.807, 2.05) is 19.1 Å². The van der Waals surface area contributed by atoms with Crippen molar-refractivity contribution in [2.75, 3.05) is 25.9 Å². The lowest BCUT2D eigenvalue weighted by atomic mass is 10.1. The zero-order valence-corrected chi connectivity index (χ0v) is 14.6. The Morgan fingerprint density at radius 2 is 1.91 bits per heavy atom. The van der Waals surface area contributed by atoms with Gasteiger partial charge in [0.25, 0.3) is 0 Å². The van der Waals surface area contributed by atoms with Gasteiger partial charge in [-0.1, -0.05) is 37.1 Å². The van der Waals surface area contributed by atoms with Crippen molar-refractivity contribution in [1.82, 2.24) is 9.62 Å². The fourth-order valence-corrected chi connectivity index (χ4v) is 2.85. The molecule has 1 rings (SSSR count). The third-order valence-electron chi connectivity index (χ3n) is 3.20. The zero-order chi connectivity index (χ0) is 16.6. The average molecular weight is 347 g/mol. The molecule has 0 spiro atoms. The molecule has 7 heteroatoms. The third kappa shape index (κ3) is 7.24. The molecule has 0 aliphatic heterocycles. The van der Waals surface area contributed by atoms with Crippen molar-refractivity contribution in [2.24, 2.45) is 0 Å². The standard InChI is InChI=1S/C15H23ClN2O3S/c1-3-4-11-18(22(2,20)21)12-15(19)17-10-9-13-5-7-14(16)8-6-13/h5-8H,3-4,9-12H2,1-2H3,(H,17,19). The summed E-state index contributed by atoms with van der Waals surface area (Å²) in [4.78, 5) is 11.9. The van der Waals surface area contributed by atoms with Crippen LogP contribution in [-0.4, -0.2) is 44.5 Å². The normalized spacial score (nSPS) is 11.6. The fourth-order valence-electron chi connectivity index (χ4n) is 1.91. The number of carbonyl (C=O) groups excluding carboxylic acids is 1. The van der Waals surface area contributed by atoms with E-state index in [4.69, 9.17) is 11.6 Å². The SMILES string of the molecule is CCCCN(CC(=O)NCCc1ccc(Cl)cc1)S(C)(=O)=O. The fraction of sp³-hybridized carbons (Fsp3) is 0.533. The minimum atomic E-state index is -3.36. The van der Waals surface area contributed by atoms with Gasteiger partial charge in [0.15, 0.2) is 0 Å². The molecule has 0 saturated heterocycles. The minimum Gasteiger partial charge on any atom is -0.355 e. The van der Waals surface area contributed by atoms with E-state index in [0.29, 0.717) is 24.5 Å². The summed E-state index contributed by atoms with van der Waals surface area (Å²) in [5, 5.41) is 3.42. The lowest BCUT2D eigenvalue weighted by Crippen LogP contribution is -2.41. The minimum absolute atomic E-state index is 0.126. The van der Waals surface area contributed by atoms with Crippen molar-refractivity contribution < 1.29 is 13.2 Å². The number of hydrogen-bond acceptors (Lipinski definition) is 3. The molecule has 22 heavy (non-hydrogen) atoms. The number of carbonyl (C=O) groups is 1. The first kappa shape index (κ1) is 18.9. The topological polar surface area (TPSA) is 66.5 Å². The molecule has 1 aromatic rings. The molecule has 0 aliphatic carbocycles. The van der Waals surface area contributed by atoms with Crippen LogP contribution in [0.2, 0.25) is 5.02 Å². The van der Waals surface area contributed by atoms with Crippen LogP contribution in [0.15, 0.2) is 24.3 Å².